The van der Waals surface area contributed by atoms with Crippen molar-refractivity contribution in [1.29, 1.82) is 0 Å². The van der Waals surface area contributed by atoms with E-state index in [4.69, 9.17) is 4.74 Å². The van der Waals surface area contributed by atoms with Crippen LogP contribution >= 0.6 is 0 Å². The first-order chi connectivity index (χ1) is 16.2. The third-order valence-corrected chi connectivity index (χ3v) is 6.28. The quantitative estimate of drug-likeness (QED) is 0.565. The van der Waals surface area contributed by atoms with E-state index < -0.39 is 5.92 Å². The number of para-hydroxylation sites is 1. The molecule has 1 aliphatic heterocycles. The van der Waals surface area contributed by atoms with E-state index in [-0.39, 0.29) is 22.9 Å². The number of dihydropyridines is 1. The average molecular weight is 463 g/mol. The minimum Gasteiger partial charge on any atom is -0.493 e. The van der Waals surface area contributed by atoms with Gasteiger partial charge in [-0.15, -0.1) is 0 Å². The van der Waals surface area contributed by atoms with Crippen molar-refractivity contribution < 1.29 is 18.7 Å². The molecular formula is C28H31FN2O3. The molecular weight excluding hydrogens is 431 g/mol. The van der Waals surface area contributed by atoms with Crippen molar-refractivity contribution in [3.8, 4) is 5.75 Å². The number of benzene rings is 2. The highest BCUT2D eigenvalue weighted by molar-refractivity contribution is 6.10. The first kappa shape index (κ1) is 23.7. The van der Waals surface area contributed by atoms with Gasteiger partial charge in [0.2, 0.25) is 0 Å². The topological polar surface area (TPSA) is 67.4 Å². The third-order valence-electron chi connectivity index (χ3n) is 6.28. The number of nitrogens with one attached hydrogen (secondary N) is 2. The van der Waals surface area contributed by atoms with Crippen LogP contribution in [0.1, 0.15) is 58.4 Å². The summed E-state index contributed by atoms with van der Waals surface area (Å²) in [5.41, 5.74) is 3.76. The van der Waals surface area contributed by atoms with Crippen LogP contribution in [0.2, 0.25) is 0 Å². The van der Waals surface area contributed by atoms with E-state index in [0.29, 0.717) is 47.7 Å². The zero-order valence-corrected chi connectivity index (χ0v) is 20.1. The largest absolute Gasteiger partial charge is 0.493 e. The van der Waals surface area contributed by atoms with Crippen LogP contribution in [0.25, 0.3) is 0 Å². The molecule has 1 amide bonds. The molecule has 1 heterocycles. The van der Waals surface area contributed by atoms with Gasteiger partial charge in [0.15, 0.2) is 5.78 Å². The molecule has 2 aromatic carbocycles. The first-order valence-electron chi connectivity index (χ1n) is 11.7. The maximum absolute atomic E-state index is 13.6. The van der Waals surface area contributed by atoms with Crippen molar-refractivity contribution in [2.45, 2.75) is 52.9 Å². The number of halogens is 1. The minimum absolute atomic E-state index is 0.0358. The molecule has 178 valence electrons. The lowest BCUT2D eigenvalue weighted by Gasteiger charge is -2.40. The Kier molecular flexibility index (Phi) is 6.60. The van der Waals surface area contributed by atoms with E-state index in [0.717, 1.165) is 17.7 Å². The highest BCUT2D eigenvalue weighted by Crippen LogP contribution is 2.48. The lowest BCUT2D eigenvalue weighted by Crippen LogP contribution is -2.39. The first-order valence-corrected chi connectivity index (χ1v) is 11.7. The molecule has 1 aliphatic carbocycles. The van der Waals surface area contributed by atoms with Gasteiger partial charge < -0.3 is 15.4 Å². The van der Waals surface area contributed by atoms with E-state index >= 15 is 0 Å². The van der Waals surface area contributed by atoms with Gasteiger partial charge in [-0.05, 0) is 55.5 Å². The van der Waals surface area contributed by atoms with Crippen molar-refractivity contribution in [1.82, 2.24) is 5.32 Å². The molecule has 0 spiro atoms. The Morgan fingerprint density at radius 1 is 1.15 bits per heavy atom. The number of hydrogen-bond donors (Lipinski definition) is 2. The Labute approximate surface area is 200 Å². The van der Waals surface area contributed by atoms with Crippen LogP contribution in [0.15, 0.2) is 71.1 Å². The van der Waals surface area contributed by atoms with Gasteiger partial charge in [-0.25, -0.2) is 4.39 Å². The van der Waals surface area contributed by atoms with Gasteiger partial charge >= 0.3 is 0 Å². The Bertz CT molecular complexity index is 1180. The van der Waals surface area contributed by atoms with Gasteiger partial charge in [0.05, 0.1) is 12.5 Å². The number of ketones is 1. The van der Waals surface area contributed by atoms with E-state index in [1.165, 1.54) is 24.3 Å². The maximum atomic E-state index is 13.6. The number of hydrogen-bond acceptors (Lipinski definition) is 4. The number of rotatable bonds is 6. The lowest BCUT2D eigenvalue weighted by atomic mass is 9.68. The summed E-state index contributed by atoms with van der Waals surface area (Å²) in [5, 5.41) is 6.25. The average Bonchev–Trinajstić information content (AvgIpc) is 2.77. The minimum atomic E-state index is -0.562. The SMILES string of the molecule is CCCOc1ccccc1[C@@H]1C(C(=O)Nc2ccc(F)cc2)=C(C)NC2=C1C(=O)CC(C)(C)C2. The molecule has 2 N–H and O–H groups in total. The van der Waals surface area contributed by atoms with Crippen LogP contribution in [-0.4, -0.2) is 18.3 Å². The Morgan fingerprint density at radius 3 is 2.56 bits per heavy atom. The molecule has 4 rings (SSSR count). The van der Waals surface area contributed by atoms with Crippen molar-refractivity contribution in [2.75, 3.05) is 11.9 Å². The molecule has 2 aliphatic rings. The zero-order valence-electron chi connectivity index (χ0n) is 20.1. The van der Waals surface area contributed by atoms with Crippen LogP contribution in [0.3, 0.4) is 0 Å². The summed E-state index contributed by atoms with van der Waals surface area (Å²) in [6.45, 7) is 8.59. The third kappa shape index (κ3) is 4.76. The van der Waals surface area contributed by atoms with Crippen molar-refractivity contribution >= 4 is 17.4 Å². The van der Waals surface area contributed by atoms with E-state index in [9.17, 15) is 14.0 Å². The summed E-state index contributed by atoms with van der Waals surface area (Å²) >= 11 is 0. The predicted octanol–water partition coefficient (Wildman–Crippen LogP) is 5.86. The summed E-state index contributed by atoms with van der Waals surface area (Å²) in [5.74, 6) is -0.573. The summed E-state index contributed by atoms with van der Waals surface area (Å²) in [6.07, 6.45) is 1.97. The summed E-state index contributed by atoms with van der Waals surface area (Å²) < 4.78 is 19.4. The fourth-order valence-electron chi connectivity index (χ4n) is 4.84. The number of allylic oxidation sites excluding steroid dienone is 3. The van der Waals surface area contributed by atoms with E-state index in [2.05, 4.69) is 24.5 Å². The van der Waals surface area contributed by atoms with Crippen LogP contribution in [0.4, 0.5) is 10.1 Å². The predicted molar refractivity (Wildman–Crippen MR) is 131 cm³/mol. The number of carbonyl (C=O) groups is 2. The Balaban J connectivity index is 1.82. The molecule has 2 aromatic rings. The fraction of sp³-hybridized carbons (Fsp3) is 0.357. The van der Waals surface area contributed by atoms with Gasteiger partial charge in [0.1, 0.15) is 11.6 Å². The standard InChI is InChI=1S/C28H31FN2O3/c1-5-14-34-23-9-7-6-8-20(23)25-24(27(33)31-19-12-10-18(29)11-13-19)17(2)30-21-15-28(3,4)16-22(32)26(21)25/h6-13,25,30H,5,14-16H2,1-4H3,(H,31,33)/t25-/m1/s1. The maximum Gasteiger partial charge on any atom is 0.254 e. The van der Waals surface area contributed by atoms with Crippen molar-refractivity contribution in [2.24, 2.45) is 5.41 Å². The molecule has 0 aromatic heterocycles. The zero-order chi connectivity index (χ0) is 24.5. The van der Waals surface area contributed by atoms with Gasteiger partial charge in [-0.2, -0.15) is 0 Å². The Hall–Kier alpha value is -3.41. The van der Waals surface area contributed by atoms with Crippen LogP contribution in [0.5, 0.6) is 5.75 Å². The molecule has 0 fully saturated rings. The highest BCUT2D eigenvalue weighted by atomic mass is 19.1. The molecule has 0 radical (unpaired) electrons. The van der Waals surface area contributed by atoms with E-state index in [1.807, 2.05) is 38.1 Å². The molecule has 6 heteroatoms. The monoisotopic (exact) mass is 462 g/mol. The van der Waals surface area contributed by atoms with Crippen LogP contribution in [-0.2, 0) is 9.59 Å². The number of carbonyl (C=O) groups excluding carboxylic acids is 2. The normalized spacial score (nSPS) is 19.4. The van der Waals surface area contributed by atoms with Crippen molar-refractivity contribution in [3.05, 3.63) is 82.5 Å². The second-order valence-electron chi connectivity index (χ2n) is 9.78. The fourth-order valence-corrected chi connectivity index (χ4v) is 4.84. The number of amides is 1. The van der Waals surface area contributed by atoms with Crippen LogP contribution in [0, 0.1) is 11.2 Å². The van der Waals surface area contributed by atoms with Gasteiger partial charge in [0.25, 0.3) is 5.91 Å². The smallest absolute Gasteiger partial charge is 0.254 e. The highest BCUT2D eigenvalue weighted by Gasteiger charge is 2.43. The molecule has 1 atom stereocenters. The molecule has 5 nitrogen and oxygen atoms in total. The van der Waals surface area contributed by atoms with E-state index in [1.54, 1.807) is 0 Å². The second-order valence-corrected chi connectivity index (χ2v) is 9.78. The molecule has 0 unspecified atom stereocenters. The number of Topliss-reactive ketones (excluding diaryl/α,β-unsaturated/α-hetero) is 1. The van der Waals surface area contributed by atoms with Gasteiger partial charge in [0, 0.05) is 40.2 Å². The molecule has 0 saturated carbocycles. The van der Waals surface area contributed by atoms with Crippen molar-refractivity contribution in [3.63, 3.8) is 0 Å². The molecule has 0 saturated heterocycles. The molecule has 34 heavy (non-hydrogen) atoms. The lowest BCUT2D eigenvalue weighted by molar-refractivity contribution is -0.118. The second kappa shape index (κ2) is 9.45. The number of anilines is 1. The Morgan fingerprint density at radius 2 is 1.85 bits per heavy atom. The summed E-state index contributed by atoms with van der Waals surface area (Å²) in [6, 6.07) is 13.2. The summed E-state index contributed by atoms with van der Waals surface area (Å²) in [7, 11) is 0. The summed E-state index contributed by atoms with van der Waals surface area (Å²) in [4.78, 5) is 27.1. The molecule has 0 bridgehead atoms. The van der Waals surface area contributed by atoms with Gasteiger partial charge in [-0.1, -0.05) is 39.0 Å². The number of ether oxygens (including phenoxy) is 1. The van der Waals surface area contributed by atoms with Crippen LogP contribution < -0.4 is 15.4 Å². The van der Waals surface area contributed by atoms with Gasteiger partial charge in [-0.3, -0.25) is 9.59 Å².